The Hall–Kier alpha value is -0.900. The molecule has 56 valence electrons. The van der Waals surface area contributed by atoms with Crippen LogP contribution in [0.4, 0.5) is 0 Å². The normalized spacial score (nSPS) is 27.6. The van der Waals surface area contributed by atoms with Crippen molar-refractivity contribution in [3.63, 3.8) is 0 Å². The van der Waals surface area contributed by atoms with Crippen LogP contribution in [0.1, 0.15) is 0 Å². The minimum atomic E-state index is -0.354. The molecule has 1 atom stereocenters. The van der Waals surface area contributed by atoms with Crippen molar-refractivity contribution >= 4 is 12.2 Å². The van der Waals surface area contributed by atoms with Gasteiger partial charge in [-0.1, -0.05) is 0 Å². The van der Waals surface area contributed by atoms with Crippen LogP contribution in [0.15, 0.2) is 0 Å². The summed E-state index contributed by atoms with van der Waals surface area (Å²) in [5.74, 6) is -0.000370. The third-order valence-corrected chi connectivity index (χ3v) is 1.75. The molecule has 10 heavy (non-hydrogen) atoms. The van der Waals surface area contributed by atoms with E-state index in [4.69, 9.17) is 0 Å². The molecule has 1 rings (SSSR count). The van der Waals surface area contributed by atoms with E-state index in [1.807, 2.05) is 0 Å². The van der Waals surface area contributed by atoms with E-state index in [0.717, 1.165) is 6.29 Å². The molecule has 1 amide bonds. The molecule has 0 bridgehead atoms. The minimum Gasteiger partial charge on any atom is -0.322 e. The summed E-state index contributed by atoms with van der Waals surface area (Å²) in [5.41, 5.74) is 0. The maximum absolute atomic E-state index is 10.9. The van der Waals surface area contributed by atoms with E-state index in [0.29, 0.717) is 6.54 Å². The van der Waals surface area contributed by atoms with Crippen molar-refractivity contribution < 1.29 is 9.59 Å². The maximum atomic E-state index is 10.9. The number of hydrogen-bond acceptors (Lipinski definition) is 3. The summed E-state index contributed by atoms with van der Waals surface area (Å²) in [6.07, 6.45) is 0.415. The summed E-state index contributed by atoms with van der Waals surface area (Å²) >= 11 is 0. The van der Waals surface area contributed by atoms with Gasteiger partial charge in [0.25, 0.3) is 0 Å². The third-order valence-electron chi connectivity index (χ3n) is 1.75. The summed E-state index contributed by atoms with van der Waals surface area (Å²) in [4.78, 5) is 24.4. The van der Waals surface area contributed by atoms with Crippen molar-refractivity contribution in [1.82, 2.24) is 9.80 Å². The predicted octanol–water partition coefficient (Wildman–Crippen LogP) is -1.08. The van der Waals surface area contributed by atoms with Gasteiger partial charge in [0, 0.05) is 7.05 Å². The molecule has 1 aliphatic rings. The van der Waals surface area contributed by atoms with Crippen LogP contribution >= 0.6 is 0 Å². The molecule has 1 fully saturated rings. The lowest BCUT2D eigenvalue weighted by atomic mass is 10.5. The Balaban J connectivity index is 2.73. The fraction of sp³-hybridized carbons (Fsp3) is 0.667. The molecule has 0 aromatic rings. The zero-order valence-corrected chi connectivity index (χ0v) is 6.07. The maximum Gasteiger partial charge on any atom is 0.238 e. The van der Waals surface area contributed by atoms with Gasteiger partial charge in [-0.3, -0.25) is 14.5 Å². The highest BCUT2D eigenvalue weighted by Crippen LogP contribution is 2.07. The van der Waals surface area contributed by atoms with Gasteiger partial charge in [0.2, 0.25) is 5.91 Å². The molecule has 0 saturated carbocycles. The van der Waals surface area contributed by atoms with E-state index in [2.05, 4.69) is 0 Å². The second kappa shape index (κ2) is 2.38. The summed E-state index contributed by atoms with van der Waals surface area (Å²) < 4.78 is 0. The van der Waals surface area contributed by atoms with E-state index in [1.54, 1.807) is 19.0 Å². The first kappa shape index (κ1) is 7.21. The Bertz CT molecular complexity index is 169. The zero-order chi connectivity index (χ0) is 7.72. The molecule has 4 heteroatoms. The third kappa shape index (κ3) is 0.903. The number of hydrogen-bond donors (Lipinski definition) is 0. The molecule has 1 heterocycles. The minimum absolute atomic E-state index is 0.000370. The van der Waals surface area contributed by atoms with Crippen LogP contribution in [0.5, 0.6) is 0 Å². The zero-order valence-electron chi connectivity index (χ0n) is 6.07. The van der Waals surface area contributed by atoms with Crippen molar-refractivity contribution in [2.75, 3.05) is 20.6 Å². The fourth-order valence-corrected chi connectivity index (χ4v) is 1.06. The summed E-state index contributed by atoms with van der Waals surface area (Å²) in [6, 6.07) is 0. The number of carbonyl (C=O) groups excluding carboxylic acids is 2. The standard InChI is InChI=1S/C6H10N2O2/c1-7-3-6(10)8(2)5(7)4-9/h4-5H,3H2,1-2H3. The molecule has 0 aromatic carbocycles. The second-order valence-corrected chi connectivity index (χ2v) is 2.47. The van der Waals surface area contributed by atoms with Gasteiger partial charge >= 0.3 is 0 Å². The number of amides is 1. The highest BCUT2D eigenvalue weighted by Gasteiger charge is 2.31. The van der Waals surface area contributed by atoms with Crippen LogP contribution in [-0.2, 0) is 9.59 Å². The predicted molar refractivity (Wildman–Crippen MR) is 35.3 cm³/mol. The smallest absolute Gasteiger partial charge is 0.238 e. The Kier molecular flexibility index (Phi) is 1.72. The quantitative estimate of drug-likeness (QED) is 0.437. The van der Waals surface area contributed by atoms with E-state index in [1.165, 1.54) is 4.90 Å². The van der Waals surface area contributed by atoms with Gasteiger partial charge in [0.1, 0.15) is 6.17 Å². The van der Waals surface area contributed by atoms with Crippen LogP contribution in [0.2, 0.25) is 0 Å². The largest absolute Gasteiger partial charge is 0.322 e. The Morgan fingerprint density at radius 2 is 2.20 bits per heavy atom. The van der Waals surface area contributed by atoms with E-state index in [-0.39, 0.29) is 12.1 Å². The van der Waals surface area contributed by atoms with Gasteiger partial charge < -0.3 is 4.90 Å². The van der Waals surface area contributed by atoms with E-state index < -0.39 is 0 Å². The van der Waals surface area contributed by atoms with Crippen LogP contribution in [-0.4, -0.2) is 48.8 Å². The first-order valence-electron chi connectivity index (χ1n) is 3.08. The average molecular weight is 142 g/mol. The molecule has 0 aromatic heterocycles. The summed E-state index contributed by atoms with van der Waals surface area (Å²) in [7, 11) is 3.38. The number of nitrogens with zero attached hydrogens (tertiary/aromatic N) is 2. The van der Waals surface area contributed by atoms with Crippen molar-refractivity contribution in [1.29, 1.82) is 0 Å². The Morgan fingerprint density at radius 3 is 2.40 bits per heavy atom. The molecule has 0 radical (unpaired) electrons. The lowest BCUT2D eigenvalue weighted by molar-refractivity contribution is -0.129. The molecular formula is C6H10N2O2. The average Bonchev–Trinajstić information content (AvgIpc) is 2.09. The van der Waals surface area contributed by atoms with Gasteiger partial charge in [-0.2, -0.15) is 0 Å². The Labute approximate surface area is 59.4 Å². The van der Waals surface area contributed by atoms with E-state index in [9.17, 15) is 9.59 Å². The molecule has 0 spiro atoms. The molecule has 0 N–H and O–H groups in total. The van der Waals surface area contributed by atoms with E-state index >= 15 is 0 Å². The van der Waals surface area contributed by atoms with Crippen molar-refractivity contribution in [2.45, 2.75) is 6.17 Å². The van der Waals surface area contributed by atoms with Crippen LogP contribution in [0, 0.1) is 0 Å². The fourth-order valence-electron chi connectivity index (χ4n) is 1.06. The lowest BCUT2D eigenvalue weighted by Gasteiger charge is -2.17. The molecule has 1 saturated heterocycles. The monoisotopic (exact) mass is 142 g/mol. The van der Waals surface area contributed by atoms with Crippen molar-refractivity contribution in [3.8, 4) is 0 Å². The van der Waals surface area contributed by atoms with Crippen LogP contribution in [0.3, 0.4) is 0 Å². The van der Waals surface area contributed by atoms with Gasteiger partial charge in [-0.05, 0) is 7.05 Å². The summed E-state index contributed by atoms with van der Waals surface area (Å²) in [5, 5.41) is 0. The van der Waals surface area contributed by atoms with Gasteiger partial charge in [-0.15, -0.1) is 0 Å². The molecular weight excluding hydrogens is 132 g/mol. The molecule has 1 aliphatic heterocycles. The number of likely N-dealkylation sites (N-methyl/N-ethyl adjacent to an activating group) is 2. The molecule has 1 unspecified atom stereocenters. The number of carbonyl (C=O) groups is 2. The highest BCUT2D eigenvalue weighted by atomic mass is 16.2. The number of aldehydes is 1. The first-order chi connectivity index (χ1) is 4.66. The van der Waals surface area contributed by atoms with Crippen LogP contribution < -0.4 is 0 Å². The first-order valence-corrected chi connectivity index (χ1v) is 3.08. The lowest BCUT2D eigenvalue weighted by Crippen LogP contribution is -2.36. The van der Waals surface area contributed by atoms with Crippen molar-refractivity contribution in [2.24, 2.45) is 0 Å². The highest BCUT2D eigenvalue weighted by molar-refractivity contribution is 5.84. The second-order valence-electron chi connectivity index (χ2n) is 2.47. The van der Waals surface area contributed by atoms with Crippen molar-refractivity contribution in [3.05, 3.63) is 0 Å². The van der Waals surface area contributed by atoms with Gasteiger partial charge in [-0.25, -0.2) is 0 Å². The topological polar surface area (TPSA) is 40.6 Å². The molecule has 0 aliphatic carbocycles. The Morgan fingerprint density at radius 1 is 1.60 bits per heavy atom. The van der Waals surface area contributed by atoms with Crippen LogP contribution in [0.25, 0.3) is 0 Å². The number of rotatable bonds is 1. The SMILES string of the molecule is CN1CC(=O)N(C)C1C=O. The van der Waals surface area contributed by atoms with Gasteiger partial charge in [0.05, 0.1) is 6.54 Å². The summed E-state index contributed by atoms with van der Waals surface area (Å²) in [6.45, 7) is 0.347. The molecule has 4 nitrogen and oxygen atoms in total. The van der Waals surface area contributed by atoms with Gasteiger partial charge in [0.15, 0.2) is 6.29 Å².